The molecule has 0 aliphatic heterocycles. The van der Waals surface area contributed by atoms with Crippen LogP contribution in [0.25, 0.3) is 0 Å². The molecule has 0 unspecified atom stereocenters. The first-order valence-corrected chi connectivity index (χ1v) is 6.49. The Kier molecular flexibility index (Phi) is 4.35. The van der Waals surface area contributed by atoms with Gasteiger partial charge in [0.25, 0.3) is 0 Å². The Balaban J connectivity index is 2.06. The third kappa shape index (κ3) is 3.59. The molecule has 2 rings (SSSR count). The molecular weight excluding hydrogens is 216 g/mol. The molecule has 2 aromatic carbocycles. The summed E-state index contributed by atoms with van der Waals surface area (Å²) in [5.74, 6) is 0. The monoisotopic (exact) mass is 236 g/mol. The first-order chi connectivity index (χ1) is 8.75. The molecule has 0 heterocycles. The average Bonchev–Trinajstić information content (AvgIpc) is 2.41. The van der Waals surface area contributed by atoms with Crippen molar-refractivity contribution in [3.63, 3.8) is 0 Å². The molecule has 0 atom stereocenters. The summed E-state index contributed by atoms with van der Waals surface area (Å²) in [6.07, 6.45) is 2.11. The van der Waals surface area contributed by atoms with Gasteiger partial charge in [-0.2, -0.15) is 0 Å². The summed E-state index contributed by atoms with van der Waals surface area (Å²) in [5, 5.41) is 0. The van der Waals surface area contributed by atoms with E-state index in [2.05, 4.69) is 74.5 Å². The van der Waals surface area contributed by atoms with E-state index in [1.54, 1.807) is 0 Å². The molecular formula is C18H20. The fraction of sp³-hybridized carbons (Fsp3) is 0.222. The molecule has 0 aliphatic rings. The van der Waals surface area contributed by atoms with Crippen LogP contribution in [0, 0.1) is 0 Å². The molecule has 0 aliphatic carbocycles. The Morgan fingerprint density at radius 1 is 0.611 bits per heavy atom. The van der Waals surface area contributed by atoms with Crippen LogP contribution < -0.4 is 0 Å². The summed E-state index contributed by atoms with van der Waals surface area (Å²) >= 11 is 0. The van der Waals surface area contributed by atoms with Crippen LogP contribution in [-0.4, -0.2) is 0 Å². The van der Waals surface area contributed by atoms with Crippen molar-refractivity contribution in [2.45, 2.75) is 26.7 Å². The molecule has 0 aromatic heterocycles. The van der Waals surface area contributed by atoms with Gasteiger partial charge in [0.1, 0.15) is 0 Å². The Bertz CT molecular complexity index is 457. The summed E-state index contributed by atoms with van der Waals surface area (Å²) in [5.41, 5.74) is 5.74. The van der Waals surface area contributed by atoms with Gasteiger partial charge in [0, 0.05) is 0 Å². The number of hydrogen-bond acceptors (Lipinski definition) is 0. The van der Waals surface area contributed by atoms with Crippen molar-refractivity contribution >= 4 is 0 Å². The number of hydrogen-bond donors (Lipinski definition) is 0. The third-order valence-electron chi connectivity index (χ3n) is 3.35. The lowest BCUT2D eigenvalue weighted by molar-refractivity contribution is 1.03. The third-order valence-corrected chi connectivity index (χ3v) is 3.35. The van der Waals surface area contributed by atoms with E-state index in [0.717, 1.165) is 12.8 Å². The first kappa shape index (κ1) is 12.6. The summed E-state index contributed by atoms with van der Waals surface area (Å²) < 4.78 is 0. The minimum atomic E-state index is 1.06. The minimum Gasteiger partial charge on any atom is -0.0697 e. The van der Waals surface area contributed by atoms with Gasteiger partial charge in [-0.3, -0.25) is 0 Å². The van der Waals surface area contributed by atoms with Crippen LogP contribution in [0.4, 0.5) is 0 Å². The predicted molar refractivity (Wildman–Crippen MR) is 78.7 cm³/mol. The van der Waals surface area contributed by atoms with E-state index in [4.69, 9.17) is 0 Å². The fourth-order valence-electron chi connectivity index (χ4n) is 2.11. The lowest BCUT2D eigenvalue weighted by atomic mass is 9.97. The average molecular weight is 236 g/mol. The van der Waals surface area contributed by atoms with E-state index in [-0.39, 0.29) is 0 Å². The van der Waals surface area contributed by atoms with Gasteiger partial charge >= 0.3 is 0 Å². The summed E-state index contributed by atoms with van der Waals surface area (Å²) in [7, 11) is 0. The van der Waals surface area contributed by atoms with Crippen LogP contribution >= 0.6 is 0 Å². The number of rotatable bonds is 4. The maximum Gasteiger partial charge on any atom is -0.00672 e. The molecule has 18 heavy (non-hydrogen) atoms. The minimum absolute atomic E-state index is 1.06. The van der Waals surface area contributed by atoms with Gasteiger partial charge in [-0.25, -0.2) is 0 Å². The molecule has 0 saturated carbocycles. The number of benzene rings is 2. The lowest BCUT2D eigenvalue weighted by Gasteiger charge is -2.08. The molecule has 0 radical (unpaired) electrons. The summed E-state index contributed by atoms with van der Waals surface area (Å²) in [6.45, 7) is 4.48. The maximum absolute atomic E-state index is 2.24. The molecule has 0 heteroatoms. The van der Waals surface area contributed by atoms with Gasteiger partial charge in [-0.15, -0.1) is 0 Å². The quantitative estimate of drug-likeness (QED) is 0.668. The van der Waals surface area contributed by atoms with Gasteiger partial charge in [-0.1, -0.05) is 71.8 Å². The molecule has 92 valence electrons. The second-order valence-electron chi connectivity index (χ2n) is 4.89. The highest BCUT2D eigenvalue weighted by atomic mass is 14.1. The molecule has 0 amide bonds. The van der Waals surface area contributed by atoms with Gasteiger partial charge in [0.2, 0.25) is 0 Å². The molecule has 0 saturated heterocycles. The zero-order valence-electron chi connectivity index (χ0n) is 11.2. The van der Waals surface area contributed by atoms with Crippen molar-refractivity contribution in [2.75, 3.05) is 0 Å². The van der Waals surface area contributed by atoms with Crippen molar-refractivity contribution in [2.24, 2.45) is 0 Å². The molecule has 0 N–H and O–H groups in total. The van der Waals surface area contributed by atoms with E-state index in [9.17, 15) is 0 Å². The summed E-state index contributed by atoms with van der Waals surface area (Å²) in [6, 6.07) is 21.3. The number of allylic oxidation sites excluding steroid dienone is 2. The van der Waals surface area contributed by atoms with Crippen molar-refractivity contribution in [3.8, 4) is 0 Å². The second kappa shape index (κ2) is 6.20. The van der Waals surface area contributed by atoms with Crippen LogP contribution in [0.5, 0.6) is 0 Å². The highest BCUT2D eigenvalue weighted by molar-refractivity contribution is 5.27. The zero-order valence-corrected chi connectivity index (χ0v) is 11.2. The van der Waals surface area contributed by atoms with Crippen molar-refractivity contribution < 1.29 is 0 Å². The maximum atomic E-state index is 2.24. The lowest BCUT2D eigenvalue weighted by Crippen LogP contribution is -1.94. The Morgan fingerprint density at radius 3 is 1.28 bits per heavy atom. The predicted octanol–water partition coefficient (Wildman–Crippen LogP) is 4.81. The molecule has 0 bridgehead atoms. The standard InChI is InChI=1S/C18H20/c1-15(13-17-9-5-3-6-10-17)16(2)14-18-11-7-4-8-12-18/h3-12H,13-14H2,1-2H3. The Hall–Kier alpha value is -1.82. The van der Waals surface area contributed by atoms with E-state index in [1.165, 1.54) is 22.3 Å². The van der Waals surface area contributed by atoms with E-state index in [0.29, 0.717) is 0 Å². The van der Waals surface area contributed by atoms with Crippen LogP contribution in [0.15, 0.2) is 71.8 Å². The van der Waals surface area contributed by atoms with E-state index in [1.807, 2.05) is 0 Å². The second-order valence-corrected chi connectivity index (χ2v) is 4.89. The first-order valence-electron chi connectivity index (χ1n) is 6.49. The van der Waals surface area contributed by atoms with E-state index >= 15 is 0 Å². The van der Waals surface area contributed by atoms with Crippen LogP contribution in [0.1, 0.15) is 25.0 Å². The van der Waals surface area contributed by atoms with Gasteiger partial charge in [0.15, 0.2) is 0 Å². The van der Waals surface area contributed by atoms with Crippen molar-refractivity contribution in [1.29, 1.82) is 0 Å². The van der Waals surface area contributed by atoms with E-state index < -0.39 is 0 Å². The smallest absolute Gasteiger partial charge is 0.00672 e. The topological polar surface area (TPSA) is 0 Å². The summed E-state index contributed by atoms with van der Waals surface area (Å²) in [4.78, 5) is 0. The molecule has 0 fully saturated rings. The fourth-order valence-corrected chi connectivity index (χ4v) is 2.11. The van der Waals surface area contributed by atoms with Crippen LogP contribution in [-0.2, 0) is 12.8 Å². The normalized spacial score (nSPS) is 12.1. The van der Waals surface area contributed by atoms with Crippen molar-refractivity contribution in [1.82, 2.24) is 0 Å². The van der Waals surface area contributed by atoms with Crippen molar-refractivity contribution in [3.05, 3.63) is 82.9 Å². The van der Waals surface area contributed by atoms with Gasteiger partial charge in [0.05, 0.1) is 0 Å². The largest absolute Gasteiger partial charge is 0.0697 e. The Labute approximate surface area is 110 Å². The van der Waals surface area contributed by atoms with Crippen LogP contribution in [0.3, 0.4) is 0 Å². The molecule has 0 nitrogen and oxygen atoms in total. The van der Waals surface area contributed by atoms with Gasteiger partial charge < -0.3 is 0 Å². The Morgan fingerprint density at radius 2 is 0.944 bits per heavy atom. The molecule has 2 aromatic rings. The van der Waals surface area contributed by atoms with Gasteiger partial charge in [-0.05, 0) is 37.8 Å². The SMILES string of the molecule is CC(Cc1ccccc1)=C(C)Cc1ccccc1. The highest BCUT2D eigenvalue weighted by Crippen LogP contribution is 2.15. The molecule has 0 spiro atoms. The highest BCUT2D eigenvalue weighted by Gasteiger charge is 2.00. The van der Waals surface area contributed by atoms with Crippen LogP contribution in [0.2, 0.25) is 0 Å². The zero-order chi connectivity index (χ0) is 12.8.